The minimum Gasteiger partial charge on any atom is -0.322 e. The van der Waals surface area contributed by atoms with Crippen LogP contribution >= 0.6 is 23.2 Å². The minimum atomic E-state index is -4.67. The Morgan fingerprint density at radius 1 is 1.17 bits per heavy atom. The molecule has 0 aliphatic carbocycles. The van der Waals surface area contributed by atoms with Gasteiger partial charge in [0.15, 0.2) is 0 Å². The molecule has 1 amide bonds. The Kier molecular flexibility index (Phi) is 5.18. The van der Waals surface area contributed by atoms with Gasteiger partial charge in [0.25, 0.3) is 5.91 Å². The summed E-state index contributed by atoms with van der Waals surface area (Å²) in [6.45, 7) is 0. The Morgan fingerprint density at radius 3 is 2.30 bits per heavy atom. The molecular formula is C13H8Cl2F2N2O3S. The van der Waals surface area contributed by atoms with E-state index in [1.807, 2.05) is 0 Å². The summed E-state index contributed by atoms with van der Waals surface area (Å²) in [5.41, 5.74) is 0.345. The van der Waals surface area contributed by atoms with Crippen molar-refractivity contribution in [1.82, 2.24) is 4.98 Å². The van der Waals surface area contributed by atoms with Crippen molar-refractivity contribution in [3.05, 3.63) is 52.3 Å². The number of nitrogens with zero attached hydrogens (tertiary/aromatic N) is 1. The molecule has 2 aromatic rings. The number of anilines is 1. The molecule has 0 fully saturated rings. The first-order valence-electron chi connectivity index (χ1n) is 5.96. The average molecular weight is 381 g/mol. The number of hydrogen-bond acceptors (Lipinski definition) is 4. The van der Waals surface area contributed by atoms with Crippen molar-refractivity contribution in [1.29, 1.82) is 0 Å². The van der Waals surface area contributed by atoms with E-state index in [0.717, 1.165) is 12.1 Å². The van der Waals surface area contributed by atoms with Crippen molar-refractivity contribution in [2.75, 3.05) is 5.32 Å². The smallest absolute Gasteiger partial charge is 0.322 e. The molecule has 0 saturated heterocycles. The van der Waals surface area contributed by atoms with Gasteiger partial charge in [0.05, 0.1) is 15.5 Å². The molecule has 122 valence electrons. The minimum absolute atomic E-state index is 0.0461. The van der Waals surface area contributed by atoms with Crippen LogP contribution in [0.1, 0.15) is 10.4 Å². The quantitative estimate of drug-likeness (QED) is 0.821. The molecular weight excluding hydrogens is 373 g/mol. The first-order chi connectivity index (χ1) is 10.7. The summed E-state index contributed by atoms with van der Waals surface area (Å²) in [5.74, 6) is -4.08. The molecule has 5 nitrogen and oxygen atoms in total. The van der Waals surface area contributed by atoms with Gasteiger partial charge in [-0.25, -0.2) is 13.4 Å². The molecule has 1 heterocycles. The van der Waals surface area contributed by atoms with Crippen LogP contribution in [0.25, 0.3) is 0 Å². The van der Waals surface area contributed by atoms with E-state index in [9.17, 15) is 22.0 Å². The van der Waals surface area contributed by atoms with Crippen molar-refractivity contribution in [3.8, 4) is 0 Å². The SMILES string of the molecule is O=C(Nc1ccc(S(=O)(=O)C(F)F)cc1)c1cnc(Cl)c(Cl)c1. The number of pyridine rings is 1. The summed E-state index contributed by atoms with van der Waals surface area (Å²) in [6.07, 6.45) is 1.21. The van der Waals surface area contributed by atoms with Crippen molar-refractivity contribution >= 4 is 44.6 Å². The number of nitrogens with one attached hydrogen (secondary N) is 1. The zero-order valence-corrected chi connectivity index (χ0v) is 13.5. The molecule has 1 aromatic heterocycles. The summed E-state index contributed by atoms with van der Waals surface area (Å²) in [7, 11) is -4.67. The van der Waals surface area contributed by atoms with Crippen LogP contribution in [-0.2, 0) is 9.84 Å². The van der Waals surface area contributed by atoms with E-state index in [0.29, 0.717) is 0 Å². The van der Waals surface area contributed by atoms with Crippen molar-refractivity contribution in [2.45, 2.75) is 10.7 Å². The van der Waals surface area contributed by atoms with E-state index >= 15 is 0 Å². The molecule has 0 bridgehead atoms. The normalized spacial score (nSPS) is 11.5. The van der Waals surface area contributed by atoms with Crippen LogP contribution in [0.2, 0.25) is 10.2 Å². The number of rotatable bonds is 4. The molecule has 0 radical (unpaired) electrons. The Hall–Kier alpha value is -1.77. The van der Waals surface area contributed by atoms with E-state index in [2.05, 4.69) is 10.3 Å². The number of amides is 1. The Bertz CT molecular complexity index is 843. The second kappa shape index (κ2) is 6.77. The molecule has 23 heavy (non-hydrogen) atoms. The van der Waals surface area contributed by atoms with Crippen molar-refractivity contribution in [3.63, 3.8) is 0 Å². The van der Waals surface area contributed by atoms with Crippen LogP contribution in [0.3, 0.4) is 0 Å². The van der Waals surface area contributed by atoms with Crippen LogP contribution in [0.15, 0.2) is 41.4 Å². The summed E-state index contributed by atoms with van der Waals surface area (Å²) >= 11 is 11.4. The Morgan fingerprint density at radius 2 is 1.78 bits per heavy atom. The molecule has 0 aliphatic heterocycles. The first-order valence-corrected chi connectivity index (χ1v) is 8.26. The highest BCUT2D eigenvalue weighted by atomic mass is 35.5. The fourth-order valence-corrected chi connectivity index (χ4v) is 2.57. The third kappa shape index (κ3) is 3.95. The molecule has 1 N–H and O–H groups in total. The third-order valence-electron chi connectivity index (χ3n) is 2.73. The van der Waals surface area contributed by atoms with Gasteiger partial charge in [-0.05, 0) is 30.3 Å². The molecule has 0 atom stereocenters. The van der Waals surface area contributed by atoms with E-state index in [1.165, 1.54) is 24.4 Å². The van der Waals surface area contributed by atoms with Crippen LogP contribution in [-0.4, -0.2) is 25.1 Å². The molecule has 10 heteroatoms. The third-order valence-corrected chi connectivity index (χ3v) is 4.82. The van der Waals surface area contributed by atoms with Gasteiger partial charge in [-0.15, -0.1) is 0 Å². The maximum atomic E-state index is 12.4. The maximum absolute atomic E-state index is 12.4. The maximum Gasteiger partial charge on any atom is 0.341 e. The lowest BCUT2D eigenvalue weighted by Crippen LogP contribution is -2.13. The average Bonchev–Trinajstić information content (AvgIpc) is 2.50. The zero-order valence-electron chi connectivity index (χ0n) is 11.1. The lowest BCUT2D eigenvalue weighted by molar-refractivity contribution is 0.102. The standard InChI is InChI=1S/C13H8Cl2F2N2O3S/c14-10-5-7(6-18-11(10)15)12(20)19-8-1-3-9(4-2-8)23(21,22)13(16)17/h1-6,13H,(H,19,20). The van der Waals surface area contributed by atoms with E-state index < -0.39 is 26.4 Å². The highest BCUT2D eigenvalue weighted by Crippen LogP contribution is 2.22. The van der Waals surface area contributed by atoms with E-state index in [4.69, 9.17) is 23.2 Å². The molecule has 0 saturated carbocycles. The molecule has 0 unspecified atom stereocenters. The van der Waals surface area contributed by atoms with Crippen LogP contribution in [0.4, 0.5) is 14.5 Å². The molecule has 2 rings (SSSR count). The zero-order chi connectivity index (χ0) is 17.2. The van der Waals surface area contributed by atoms with Crippen LogP contribution in [0.5, 0.6) is 0 Å². The summed E-state index contributed by atoms with van der Waals surface area (Å²) < 4.78 is 47.4. The molecule has 1 aromatic carbocycles. The summed E-state index contributed by atoms with van der Waals surface area (Å²) in [6, 6.07) is 5.65. The lowest BCUT2D eigenvalue weighted by atomic mass is 10.2. The van der Waals surface area contributed by atoms with Gasteiger partial charge < -0.3 is 5.32 Å². The molecule has 0 spiro atoms. The number of alkyl halides is 2. The fraction of sp³-hybridized carbons (Fsp3) is 0.0769. The number of aromatic nitrogens is 1. The van der Waals surface area contributed by atoms with E-state index in [1.54, 1.807) is 0 Å². The topological polar surface area (TPSA) is 76.1 Å². The number of sulfone groups is 1. The Labute approximate surface area is 140 Å². The second-order valence-corrected chi connectivity index (χ2v) is 6.96. The van der Waals surface area contributed by atoms with Crippen LogP contribution < -0.4 is 5.32 Å². The van der Waals surface area contributed by atoms with Gasteiger partial charge in [-0.2, -0.15) is 8.78 Å². The number of carbonyl (C=O) groups is 1. The largest absolute Gasteiger partial charge is 0.341 e. The van der Waals surface area contributed by atoms with Gasteiger partial charge >= 0.3 is 5.76 Å². The highest BCUT2D eigenvalue weighted by Gasteiger charge is 2.26. The van der Waals surface area contributed by atoms with Crippen molar-refractivity contribution in [2.24, 2.45) is 0 Å². The predicted molar refractivity (Wildman–Crippen MR) is 81.8 cm³/mol. The van der Waals surface area contributed by atoms with Gasteiger partial charge in [-0.3, -0.25) is 4.79 Å². The van der Waals surface area contributed by atoms with Gasteiger partial charge in [0, 0.05) is 11.9 Å². The fourth-order valence-electron chi connectivity index (χ4n) is 1.58. The number of hydrogen-bond donors (Lipinski definition) is 1. The summed E-state index contributed by atoms with van der Waals surface area (Å²) in [4.78, 5) is 15.2. The first kappa shape index (κ1) is 17.6. The summed E-state index contributed by atoms with van der Waals surface area (Å²) in [5, 5.41) is 2.59. The Balaban J connectivity index is 2.18. The predicted octanol–water partition coefficient (Wildman–Crippen LogP) is 3.64. The highest BCUT2D eigenvalue weighted by molar-refractivity contribution is 7.91. The van der Waals surface area contributed by atoms with Gasteiger partial charge in [0.1, 0.15) is 5.15 Å². The number of benzene rings is 1. The monoisotopic (exact) mass is 380 g/mol. The second-order valence-electron chi connectivity index (χ2n) is 4.28. The molecule has 0 aliphatic rings. The van der Waals surface area contributed by atoms with Crippen LogP contribution in [0, 0.1) is 0 Å². The van der Waals surface area contributed by atoms with Gasteiger partial charge in [0.2, 0.25) is 9.84 Å². The number of carbonyl (C=O) groups excluding carboxylic acids is 1. The number of halogens is 4. The van der Waals surface area contributed by atoms with Crippen molar-refractivity contribution < 1.29 is 22.0 Å². The van der Waals surface area contributed by atoms with E-state index in [-0.39, 0.29) is 21.4 Å². The van der Waals surface area contributed by atoms with Gasteiger partial charge in [-0.1, -0.05) is 23.2 Å². The lowest BCUT2D eigenvalue weighted by Gasteiger charge is -2.07.